The minimum absolute atomic E-state index is 0.0172. The summed E-state index contributed by atoms with van der Waals surface area (Å²) in [6.07, 6.45) is 7.79. The van der Waals surface area contributed by atoms with Gasteiger partial charge in [0, 0.05) is 12.0 Å². The Balaban J connectivity index is 1.39. The average molecular weight is 349 g/mol. The molecule has 0 spiro atoms. The Morgan fingerprint density at radius 2 is 1.96 bits per heavy atom. The number of carbonyl (C=O) groups excluding carboxylic acids is 1. The van der Waals surface area contributed by atoms with Crippen LogP contribution in [0.15, 0.2) is 36.4 Å². The largest absolute Gasteiger partial charge is 0.348 e. The molecule has 4 heteroatoms. The maximum atomic E-state index is 13.1. The van der Waals surface area contributed by atoms with Crippen molar-refractivity contribution in [1.82, 2.24) is 15.1 Å². The molecule has 0 aliphatic heterocycles. The second kappa shape index (κ2) is 6.26. The van der Waals surface area contributed by atoms with Gasteiger partial charge in [-0.3, -0.25) is 4.79 Å². The molecule has 4 atom stereocenters. The third-order valence-corrected chi connectivity index (χ3v) is 6.75. The molecule has 2 bridgehead atoms. The van der Waals surface area contributed by atoms with Gasteiger partial charge in [-0.2, -0.15) is 5.10 Å². The zero-order valence-electron chi connectivity index (χ0n) is 15.4. The fraction of sp³-hybridized carbons (Fsp3) is 0.545. The Hall–Kier alpha value is -2.10. The number of carbonyl (C=O) groups is 1. The van der Waals surface area contributed by atoms with Crippen LogP contribution in [-0.2, 0) is 0 Å². The van der Waals surface area contributed by atoms with Crippen LogP contribution >= 0.6 is 0 Å². The Bertz CT molecular complexity index is 808. The molecule has 3 saturated carbocycles. The molecule has 4 unspecified atom stereocenters. The highest BCUT2D eigenvalue weighted by Gasteiger charge is 2.42. The third-order valence-electron chi connectivity index (χ3n) is 6.75. The number of fused-ring (bicyclic) bond motifs is 2. The average Bonchev–Trinajstić information content (AvgIpc) is 3.09. The SMILES string of the molecule is CC(NC(=O)c1cc(C2CC2)nn1-c1ccccc1)C1CC2CCC1C2. The topological polar surface area (TPSA) is 46.9 Å². The smallest absolute Gasteiger partial charge is 0.270 e. The minimum Gasteiger partial charge on any atom is -0.348 e. The molecule has 4 nitrogen and oxygen atoms in total. The first-order chi connectivity index (χ1) is 12.7. The van der Waals surface area contributed by atoms with E-state index in [0.29, 0.717) is 17.5 Å². The number of amides is 1. The van der Waals surface area contributed by atoms with E-state index in [1.165, 1.54) is 38.5 Å². The molecular weight excluding hydrogens is 322 g/mol. The van der Waals surface area contributed by atoms with Gasteiger partial charge in [-0.1, -0.05) is 24.6 Å². The lowest BCUT2D eigenvalue weighted by molar-refractivity contribution is 0.0907. The Kier molecular flexibility index (Phi) is 3.87. The highest BCUT2D eigenvalue weighted by atomic mass is 16.2. The van der Waals surface area contributed by atoms with E-state index in [9.17, 15) is 4.79 Å². The van der Waals surface area contributed by atoms with Gasteiger partial charge >= 0.3 is 0 Å². The normalized spacial score (nSPS) is 28.3. The second-order valence-electron chi connectivity index (χ2n) is 8.58. The predicted molar refractivity (Wildman–Crippen MR) is 101 cm³/mol. The van der Waals surface area contributed by atoms with E-state index in [4.69, 9.17) is 5.10 Å². The number of hydrogen-bond acceptors (Lipinski definition) is 2. The first-order valence-corrected chi connectivity index (χ1v) is 10.2. The van der Waals surface area contributed by atoms with Crippen molar-refractivity contribution < 1.29 is 4.79 Å². The van der Waals surface area contributed by atoms with Crippen LogP contribution in [0.2, 0.25) is 0 Å². The van der Waals surface area contributed by atoms with Crippen LogP contribution in [0.3, 0.4) is 0 Å². The standard InChI is InChI=1S/C22H27N3O/c1-14(19-12-15-7-8-17(19)11-15)23-22(26)21-13-20(16-9-10-16)24-25(21)18-5-3-2-4-6-18/h2-6,13-17,19H,7-12H2,1H3,(H,23,26). The van der Waals surface area contributed by atoms with Gasteiger partial charge in [0.2, 0.25) is 0 Å². The quantitative estimate of drug-likeness (QED) is 0.874. The molecule has 1 heterocycles. The molecule has 0 radical (unpaired) electrons. The molecule has 5 rings (SSSR count). The monoisotopic (exact) mass is 349 g/mol. The van der Waals surface area contributed by atoms with Crippen LogP contribution in [-0.4, -0.2) is 21.7 Å². The van der Waals surface area contributed by atoms with E-state index in [1.54, 1.807) is 0 Å². The second-order valence-corrected chi connectivity index (χ2v) is 8.58. The van der Waals surface area contributed by atoms with Crippen molar-refractivity contribution in [3.8, 4) is 5.69 Å². The van der Waals surface area contributed by atoms with Gasteiger partial charge in [0.25, 0.3) is 5.91 Å². The summed E-state index contributed by atoms with van der Waals surface area (Å²) in [5.74, 6) is 2.92. The predicted octanol–water partition coefficient (Wildman–Crippen LogP) is 4.30. The molecule has 1 amide bonds. The van der Waals surface area contributed by atoms with Crippen LogP contribution in [0.4, 0.5) is 0 Å². The molecule has 1 N–H and O–H groups in total. The van der Waals surface area contributed by atoms with Crippen molar-refractivity contribution in [2.75, 3.05) is 0 Å². The number of nitrogens with one attached hydrogen (secondary N) is 1. The summed E-state index contributed by atoms with van der Waals surface area (Å²) in [7, 11) is 0. The molecule has 1 aromatic heterocycles. The van der Waals surface area contributed by atoms with Gasteiger partial charge in [0.1, 0.15) is 5.69 Å². The van der Waals surface area contributed by atoms with Gasteiger partial charge in [0.15, 0.2) is 0 Å². The molecule has 3 aliphatic carbocycles. The van der Waals surface area contributed by atoms with Crippen LogP contribution in [0, 0.1) is 17.8 Å². The van der Waals surface area contributed by atoms with Crippen molar-refractivity contribution in [2.24, 2.45) is 17.8 Å². The maximum absolute atomic E-state index is 13.1. The molecule has 0 saturated heterocycles. The summed E-state index contributed by atoms with van der Waals surface area (Å²) in [5, 5.41) is 8.07. The lowest BCUT2D eigenvalue weighted by atomic mass is 9.84. The number of para-hydroxylation sites is 1. The van der Waals surface area contributed by atoms with Crippen molar-refractivity contribution in [3.05, 3.63) is 47.8 Å². The van der Waals surface area contributed by atoms with E-state index < -0.39 is 0 Å². The lowest BCUT2D eigenvalue weighted by Crippen LogP contribution is -2.40. The lowest BCUT2D eigenvalue weighted by Gasteiger charge is -2.28. The maximum Gasteiger partial charge on any atom is 0.270 e. The third kappa shape index (κ3) is 2.85. The fourth-order valence-electron chi connectivity index (χ4n) is 5.20. The Morgan fingerprint density at radius 3 is 2.62 bits per heavy atom. The van der Waals surface area contributed by atoms with Crippen molar-refractivity contribution in [2.45, 2.75) is 57.4 Å². The summed E-state index contributed by atoms with van der Waals surface area (Å²) < 4.78 is 1.83. The molecular formula is C22H27N3O. The van der Waals surface area contributed by atoms with Crippen molar-refractivity contribution >= 4 is 5.91 Å². The van der Waals surface area contributed by atoms with Crippen LogP contribution in [0.25, 0.3) is 5.69 Å². The number of rotatable bonds is 5. The molecule has 3 fully saturated rings. The summed E-state index contributed by atoms with van der Waals surface area (Å²) >= 11 is 0. The van der Waals surface area contributed by atoms with Gasteiger partial charge in [-0.15, -0.1) is 0 Å². The van der Waals surface area contributed by atoms with Gasteiger partial charge in [-0.25, -0.2) is 4.68 Å². The van der Waals surface area contributed by atoms with Gasteiger partial charge < -0.3 is 5.32 Å². The van der Waals surface area contributed by atoms with Crippen molar-refractivity contribution in [1.29, 1.82) is 0 Å². The zero-order valence-corrected chi connectivity index (χ0v) is 15.4. The summed E-state index contributed by atoms with van der Waals surface area (Å²) in [4.78, 5) is 13.1. The fourth-order valence-corrected chi connectivity index (χ4v) is 5.20. The van der Waals surface area contributed by atoms with E-state index in [1.807, 2.05) is 41.1 Å². The summed E-state index contributed by atoms with van der Waals surface area (Å²) in [6.45, 7) is 2.19. The van der Waals surface area contributed by atoms with E-state index in [-0.39, 0.29) is 11.9 Å². The van der Waals surface area contributed by atoms with Crippen LogP contribution in [0.1, 0.15) is 67.5 Å². The van der Waals surface area contributed by atoms with Gasteiger partial charge in [-0.05, 0) is 75.0 Å². The van der Waals surface area contributed by atoms with Crippen LogP contribution in [0.5, 0.6) is 0 Å². The number of nitrogens with zero attached hydrogens (tertiary/aromatic N) is 2. The molecule has 26 heavy (non-hydrogen) atoms. The van der Waals surface area contributed by atoms with Crippen LogP contribution < -0.4 is 5.32 Å². The summed E-state index contributed by atoms with van der Waals surface area (Å²) in [6, 6.07) is 12.3. The molecule has 2 aromatic rings. The number of aromatic nitrogens is 2. The van der Waals surface area contributed by atoms with Gasteiger partial charge in [0.05, 0.1) is 11.4 Å². The molecule has 3 aliphatic rings. The molecule has 1 aromatic carbocycles. The Labute approximate surface area is 155 Å². The Morgan fingerprint density at radius 1 is 1.15 bits per heavy atom. The van der Waals surface area contributed by atoms with E-state index in [2.05, 4.69) is 12.2 Å². The van der Waals surface area contributed by atoms with E-state index >= 15 is 0 Å². The van der Waals surface area contributed by atoms with E-state index in [0.717, 1.165) is 23.2 Å². The first kappa shape index (κ1) is 16.1. The summed E-state index contributed by atoms with van der Waals surface area (Å²) in [5.41, 5.74) is 2.69. The minimum atomic E-state index is 0.0172. The number of benzene rings is 1. The molecule has 136 valence electrons. The first-order valence-electron chi connectivity index (χ1n) is 10.2. The number of hydrogen-bond donors (Lipinski definition) is 1. The highest BCUT2D eigenvalue weighted by molar-refractivity contribution is 5.93. The van der Waals surface area contributed by atoms with Crippen molar-refractivity contribution in [3.63, 3.8) is 0 Å². The zero-order chi connectivity index (χ0) is 17.7. The highest BCUT2D eigenvalue weighted by Crippen LogP contribution is 2.49.